The Morgan fingerprint density at radius 3 is 2.38 bits per heavy atom. The van der Waals surface area contributed by atoms with Crippen molar-refractivity contribution in [2.45, 2.75) is 32.3 Å². The van der Waals surface area contributed by atoms with Gasteiger partial charge in [-0.1, -0.05) is 0 Å². The first-order chi connectivity index (χ1) is 11.5. The van der Waals surface area contributed by atoms with E-state index in [1.807, 2.05) is 11.8 Å². The molecule has 7 heteroatoms. The molecule has 0 atom stereocenters. The van der Waals surface area contributed by atoms with E-state index < -0.39 is 10.0 Å². The minimum Gasteiger partial charge on any atom is -0.378 e. The summed E-state index contributed by atoms with van der Waals surface area (Å²) < 4.78 is 30.9. The molecule has 132 valence electrons. The van der Waals surface area contributed by atoms with Gasteiger partial charge in [-0.2, -0.15) is 0 Å². The average molecular weight is 352 g/mol. The molecule has 1 aromatic carbocycles. The molecular formula is C17H24N2O4S. The molecular weight excluding hydrogens is 328 g/mol. The van der Waals surface area contributed by atoms with Crippen molar-refractivity contribution in [3.63, 3.8) is 0 Å². The van der Waals surface area contributed by atoms with Crippen molar-refractivity contribution in [1.29, 1.82) is 0 Å². The van der Waals surface area contributed by atoms with Crippen LogP contribution in [0.1, 0.15) is 36.5 Å². The van der Waals surface area contributed by atoms with Gasteiger partial charge in [-0.25, -0.2) is 8.42 Å². The first-order valence-electron chi connectivity index (χ1n) is 8.52. The molecule has 0 radical (unpaired) electrons. The van der Waals surface area contributed by atoms with Crippen molar-refractivity contribution >= 4 is 21.6 Å². The van der Waals surface area contributed by atoms with Gasteiger partial charge in [0.05, 0.1) is 17.5 Å². The molecule has 0 unspecified atom stereocenters. The van der Waals surface area contributed by atoms with Gasteiger partial charge in [-0.05, 0) is 50.5 Å². The molecule has 1 aromatic rings. The number of carbonyl (C=O) groups excluding carboxylic acids is 1. The van der Waals surface area contributed by atoms with Crippen LogP contribution in [-0.2, 0) is 14.8 Å². The molecule has 3 rings (SSSR count). The fourth-order valence-electron chi connectivity index (χ4n) is 3.34. The topological polar surface area (TPSA) is 66.9 Å². The second kappa shape index (κ2) is 7.11. The van der Waals surface area contributed by atoms with Gasteiger partial charge >= 0.3 is 0 Å². The Morgan fingerprint density at radius 2 is 1.83 bits per heavy atom. The lowest BCUT2D eigenvalue weighted by Gasteiger charge is -2.32. The van der Waals surface area contributed by atoms with Crippen molar-refractivity contribution in [3.05, 3.63) is 29.8 Å². The van der Waals surface area contributed by atoms with E-state index in [2.05, 4.69) is 0 Å². The van der Waals surface area contributed by atoms with Crippen LogP contribution in [0.4, 0.5) is 5.69 Å². The van der Waals surface area contributed by atoms with Crippen LogP contribution in [-0.4, -0.2) is 57.3 Å². The van der Waals surface area contributed by atoms with Gasteiger partial charge < -0.3 is 9.64 Å². The fraction of sp³-hybridized carbons (Fsp3) is 0.588. The maximum Gasteiger partial charge on any atom is 0.253 e. The highest BCUT2D eigenvalue weighted by molar-refractivity contribution is 7.93. The van der Waals surface area contributed by atoms with Crippen LogP contribution < -0.4 is 4.31 Å². The minimum absolute atomic E-state index is 0.000720. The fourth-order valence-corrected chi connectivity index (χ4v) is 4.91. The minimum atomic E-state index is -3.18. The maximum absolute atomic E-state index is 12.6. The number of hydrogen-bond donors (Lipinski definition) is 0. The lowest BCUT2D eigenvalue weighted by molar-refractivity contribution is 0.0146. The van der Waals surface area contributed by atoms with Crippen molar-refractivity contribution in [2.75, 3.05) is 36.3 Å². The molecule has 0 bridgehead atoms. The number of benzene rings is 1. The number of rotatable bonds is 4. The third-order valence-electron chi connectivity index (χ3n) is 4.63. The average Bonchev–Trinajstić information content (AvgIpc) is 2.95. The van der Waals surface area contributed by atoms with E-state index in [1.54, 1.807) is 24.3 Å². The molecule has 2 saturated heterocycles. The smallest absolute Gasteiger partial charge is 0.253 e. The summed E-state index contributed by atoms with van der Waals surface area (Å²) in [6.45, 7) is 4.61. The molecule has 2 fully saturated rings. The largest absolute Gasteiger partial charge is 0.378 e. The van der Waals surface area contributed by atoms with Crippen LogP contribution in [0.2, 0.25) is 0 Å². The first-order valence-corrected chi connectivity index (χ1v) is 10.1. The molecule has 0 saturated carbocycles. The number of carbonyl (C=O) groups is 1. The molecule has 2 aliphatic heterocycles. The molecule has 1 amide bonds. The van der Waals surface area contributed by atoms with Crippen molar-refractivity contribution in [2.24, 2.45) is 0 Å². The first kappa shape index (κ1) is 17.2. The molecule has 2 aliphatic rings. The van der Waals surface area contributed by atoms with Gasteiger partial charge in [0, 0.05) is 31.8 Å². The second-order valence-corrected chi connectivity index (χ2v) is 8.25. The third-order valence-corrected chi connectivity index (χ3v) is 6.50. The number of sulfonamides is 1. The van der Waals surface area contributed by atoms with Crippen molar-refractivity contribution < 1.29 is 17.9 Å². The van der Waals surface area contributed by atoms with Gasteiger partial charge in [0.25, 0.3) is 5.91 Å². The number of ether oxygens (including phenoxy) is 1. The predicted octanol–water partition coefficient (Wildman–Crippen LogP) is 1.87. The number of nitrogens with zero attached hydrogens (tertiary/aromatic N) is 2. The van der Waals surface area contributed by atoms with Gasteiger partial charge in [-0.15, -0.1) is 0 Å². The third kappa shape index (κ3) is 3.57. The molecule has 24 heavy (non-hydrogen) atoms. The molecule has 0 spiro atoms. The Labute approximate surface area is 143 Å². The Kier molecular flexibility index (Phi) is 5.10. The standard InChI is InChI=1S/C17H24N2O4S/c1-2-23-16-8-11-18(12-9-16)17(20)14-4-6-15(7-5-14)19-10-3-13-24(19,21)22/h4-7,16H,2-3,8-13H2,1H3. The van der Waals surface area contributed by atoms with Crippen molar-refractivity contribution in [3.8, 4) is 0 Å². The number of amides is 1. The monoisotopic (exact) mass is 352 g/mol. The molecule has 0 N–H and O–H groups in total. The normalized spacial score (nSPS) is 21.2. The van der Waals surface area contributed by atoms with E-state index in [9.17, 15) is 13.2 Å². The molecule has 2 heterocycles. The SMILES string of the molecule is CCOC1CCN(C(=O)c2ccc(N3CCCS3(=O)=O)cc2)CC1. The molecule has 6 nitrogen and oxygen atoms in total. The van der Waals surface area contributed by atoms with Crippen LogP contribution in [0.5, 0.6) is 0 Å². The van der Waals surface area contributed by atoms with Gasteiger partial charge in [0.15, 0.2) is 0 Å². The number of anilines is 1. The van der Waals surface area contributed by atoms with E-state index in [0.717, 1.165) is 12.8 Å². The van der Waals surface area contributed by atoms with Gasteiger partial charge in [-0.3, -0.25) is 9.10 Å². The zero-order valence-electron chi connectivity index (χ0n) is 14.0. The summed E-state index contributed by atoms with van der Waals surface area (Å²) in [5.74, 6) is 0.198. The van der Waals surface area contributed by atoms with Gasteiger partial charge in [0.1, 0.15) is 0 Å². The van der Waals surface area contributed by atoms with Crippen LogP contribution in [0.25, 0.3) is 0 Å². The molecule has 0 aromatic heterocycles. The summed E-state index contributed by atoms with van der Waals surface area (Å²) in [6.07, 6.45) is 2.63. The summed E-state index contributed by atoms with van der Waals surface area (Å²) in [5.41, 5.74) is 1.24. The maximum atomic E-state index is 12.6. The number of hydrogen-bond acceptors (Lipinski definition) is 4. The van der Waals surface area contributed by atoms with Crippen LogP contribution in [0, 0.1) is 0 Å². The highest BCUT2D eigenvalue weighted by Gasteiger charge is 2.29. The van der Waals surface area contributed by atoms with Crippen LogP contribution in [0.15, 0.2) is 24.3 Å². The predicted molar refractivity (Wildman–Crippen MR) is 92.7 cm³/mol. The van der Waals surface area contributed by atoms with E-state index >= 15 is 0 Å². The van der Waals surface area contributed by atoms with Crippen LogP contribution >= 0.6 is 0 Å². The summed E-state index contributed by atoms with van der Waals surface area (Å²) in [5, 5.41) is 0. The second-order valence-electron chi connectivity index (χ2n) is 6.24. The molecule has 0 aliphatic carbocycles. The summed E-state index contributed by atoms with van der Waals surface area (Å²) >= 11 is 0. The zero-order valence-corrected chi connectivity index (χ0v) is 14.8. The van der Waals surface area contributed by atoms with E-state index in [1.165, 1.54) is 4.31 Å². The van der Waals surface area contributed by atoms with E-state index in [-0.39, 0.29) is 17.8 Å². The Morgan fingerprint density at radius 1 is 1.17 bits per heavy atom. The Balaban J connectivity index is 1.65. The number of likely N-dealkylation sites (tertiary alicyclic amines) is 1. The van der Waals surface area contributed by atoms with E-state index in [0.29, 0.717) is 43.9 Å². The lowest BCUT2D eigenvalue weighted by Crippen LogP contribution is -2.40. The summed E-state index contributed by atoms with van der Waals surface area (Å²) in [6, 6.07) is 6.90. The summed E-state index contributed by atoms with van der Waals surface area (Å²) in [4.78, 5) is 14.4. The quantitative estimate of drug-likeness (QED) is 0.830. The van der Waals surface area contributed by atoms with Crippen molar-refractivity contribution in [1.82, 2.24) is 4.90 Å². The highest BCUT2D eigenvalue weighted by atomic mass is 32.2. The Hall–Kier alpha value is -1.60. The Bertz CT molecular complexity index is 679. The van der Waals surface area contributed by atoms with E-state index in [4.69, 9.17) is 4.74 Å². The van der Waals surface area contributed by atoms with Gasteiger partial charge in [0.2, 0.25) is 10.0 Å². The summed E-state index contributed by atoms with van der Waals surface area (Å²) in [7, 11) is -3.18. The van der Waals surface area contributed by atoms with Crippen LogP contribution in [0.3, 0.4) is 0 Å². The lowest BCUT2D eigenvalue weighted by atomic mass is 10.1. The number of piperidine rings is 1. The zero-order chi connectivity index (χ0) is 17.2. The highest BCUT2D eigenvalue weighted by Crippen LogP contribution is 2.25.